The second-order valence-corrected chi connectivity index (χ2v) is 4.92. The number of ether oxygens (including phenoxy) is 1. The van der Waals surface area contributed by atoms with Crippen molar-refractivity contribution < 1.29 is 4.74 Å². The van der Waals surface area contributed by atoms with Crippen molar-refractivity contribution in [3.63, 3.8) is 0 Å². The van der Waals surface area contributed by atoms with Crippen molar-refractivity contribution in [2.75, 3.05) is 12.8 Å². The minimum absolute atomic E-state index is 0.475. The van der Waals surface area contributed by atoms with Crippen LogP contribution in [-0.4, -0.2) is 16.9 Å². The third-order valence-corrected chi connectivity index (χ3v) is 3.64. The summed E-state index contributed by atoms with van der Waals surface area (Å²) in [6.07, 6.45) is 1.56. The van der Waals surface area contributed by atoms with Gasteiger partial charge in [-0.2, -0.15) is 5.10 Å². The maximum Gasteiger partial charge on any atom is 0.140 e. The van der Waals surface area contributed by atoms with E-state index in [9.17, 15) is 0 Å². The molecule has 0 fully saturated rings. The quantitative estimate of drug-likeness (QED) is 0.804. The number of methoxy groups -OCH3 is 1. The molecule has 0 spiro atoms. The molecule has 0 radical (unpaired) electrons. The standard InChI is InChI=1S/C15H14ClN3O/c1-20-14-7-6-10(11-4-2-3-5-12(11)14)9-19-15(17)13(16)8-18-19/h2-8H,9,17H2,1H3. The summed E-state index contributed by atoms with van der Waals surface area (Å²) in [7, 11) is 1.67. The number of halogens is 1. The molecule has 3 aromatic rings. The second kappa shape index (κ2) is 5.06. The summed E-state index contributed by atoms with van der Waals surface area (Å²) in [6.45, 7) is 0.572. The first kappa shape index (κ1) is 12.8. The second-order valence-electron chi connectivity index (χ2n) is 4.51. The van der Waals surface area contributed by atoms with E-state index in [2.05, 4.69) is 11.2 Å². The monoisotopic (exact) mass is 287 g/mol. The molecule has 0 amide bonds. The van der Waals surface area contributed by atoms with Crippen LogP contribution in [0.25, 0.3) is 10.8 Å². The number of nitrogens with two attached hydrogens (primary N) is 1. The van der Waals surface area contributed by atoms with Gasteiger partial charge in [-0.1, -0.05) is 41.9 Å². The summed E-state index contributed by atoms with van der Waals surface area (Å²) in [4.78, 5) is 0. The fraction of sp³-hybridized carbons (Fsp3) is 0.133. The predicted molar refractivity (Wildman–Crippen MR) is 81.3 cm³/mol. The Kier molecular flexibility index (Phi) is 3.24. The minimum Gasteiger partial charge on any atom is -0.496 e. The van der Waals surface area contributed by atoms with Gasteiger partial charge < -0.3 is 10.5 Å². The number of fused-ring (bicyclic) bond motifs is 1. The Morgan fingerprint density at radius 3 is 2.60 bits per heavy atom. The van der Waals surface area contributed by atoms with Gasteiger partial charge in [0.2, 0.25) is 0 Å². The van der Waals surface area contributed by atoms with Crippen LogP contribution in [0.2, 0.25) is 5.02 Å². The first-order valence-corrected chi connectivity index (χ1v) is 6.60. The first-order valence-electron chi connectivity index (χ1n) is 6.22. The Bertz CT molecular complexity index is 767. The van der Waals surface area contributed by atoms with E-state index in [4.69, 9.17) is 22.1 Å². The van der Waals surface area contributed by atoms with E-state index in [1.165, 1.54) is 0 Å². The first-order chi connectivity index (χ1) is 9.70. The molecule has 2 aromatic carbocycles. The molecular weight excluding hydrogens is 274 g/mol. The lowest BCUT2D eigenvalue weighted by Crippen LogP contribution is -2.06. The van der Waals surface area contributed by atoms with E-state index in [-0.39, 0.29) is 0 Å². The van der Waals surface area contributed by atoms with Crippen LogP contribution in [0.15, 0.2) is 42.6 Å². The molecule has 102 valence electrons. The summed E-state index contributed by atoms with van der Waals surface area (Å²) >= 11 is 5.93. The van der Waals surface area contributed by atoms with Crippen LogP contribution in [0.5, 0.6) is 5.75 Å². The van der Waals surface area contributed by atoms with Gasteiger partial charge in [-0.05, 0) is 17.0 Å². The molecule has 0 aliphatic heterocycles. The van der Waals surface area contributed by atoms with E-state index < -0.39 is 0 Å². The zero-order valence-electron chi connectivity index (χ0n) is 11.0. The van der Waals surface area contributed by atoms with Crippen molar-refractivity contribution in [2.45, 2.75) is 6.54 Å². The largest absolute Gasteiger partial charge is 0.496 e. The van der Waals surface area contributed by atoms with Crippen molar-refractivity contribution in [3.05, 3.63) is 53.2 Å². The number of nitrogen functional groups attached to an aromatic ring is 1. The van der Waals surface area contributed by atoms with Crippen LogP contribution in [0, 0.1) is 0 Å². The predicted octanol–water partition coefficient (Wildman–Crippen LogP) is 3.33. The summed E-state index contributed by atoms with van der Waals surface area (Å²) < 4.78 is 7.08. The lowest BCUT2D eigenvalue weighted by molar-refractivity contribution is 0.419. The molecule has 5 heteroatoms. The summed E-state index contributed by atoms with van der Waals surface area (Å²) in [5, 5.41) is 6.86. The van der Waals surface area contributed by atoms with E-state index in [1.807, 2.05) is 30.3 Å². The maximum atomic E-state index is 5.93. The molecule has 20 heavy (non-hydrogen) atoms. The third kappa shape index (κ3) is 2.08. The molecule has 3 rings (SSSR count). The average Bonchev–Trinajstić information content (AvgIpc) is 2.79. The van der Waals surface area contributed by atoms with E-state index in [0.29, 0.717) is 17.4 Å². The number of benzene rings is 2. The van der Waals surface area contributed by atoms with Crippen LogP contribution in [0.3, 0.4) is 0 Å². The van der Waals surface area contributed by atoms with E-state index >= 15 is 0 Å². The lowest BCUT2D eigenvalue weighted by Gasteiger charge is -2.11. The zero-order chi connectivity index (χ0) is 14.1. The van der Waals surface area contributed by atoms with Crippen molar-refractivity contribution >= 4 is 28.2 Å². The van der Waals surface area contributed by atoms with Crippen LogP contribution in [-0.2, 0) is 6.54 Å². The number of hydrogen-bond donors (Lipinski definition) is 1. The van der Waals surface area contributed by atoms with Crippen LogP contribution >= 0.6 is 11.6 Å². The normalized spacial score (nSPS) is 10.9. The molecule has 0 saturated carbocycles. The van der Waals surface area contributed by atoms with Gasteiger partial charge in [0.15, 0.2) is 0 Å². The molecule has 0 aliphatic rings. The molecule has 0 atom stereocenters. The molecule has 2 N–H and O–H groups in total. The summed E-state index contributed by atoms with van der Waals surface area (Å²) in [5.41, 5.74) is 7.01. The number of aromatic nitrogens is 2. The third-order valence-electron chi connectivity index (χ3n) is 3.35. The minimum atomic E-state index is 0.475. The highest BCUT2D eigenvalue weighted by Crippen LogP contribution is 2.29. The van der Waals surface area contributed by atoms with Gasteiger partial charge in [0.25, 0.3) is 0 Å². The highest BCUT2D eigenvalue weighted by Gasteiger charge is 2.09. The van der Waals surface area contributed by atoms with Crippen molar-refractivity contribution in [3.8, 4) is 5.75 Å². The van der Waals surface area contributed by atoms with Crippen LogP contribution in [0.4, 0.5) is 5.82 Å². The zero-order valence-corrected chi connectivity index (χ0v) is 11.8. The fourth-order valence-electron chi connectivity index (χ4n) is 2.31. The number of anilines is 1. The van der Waals surface area contributed by atoms with Crippen molar-refractivity contribution in [1.29, 1.82) is 0 Å². The fourth-order valence-corrected chi connectivity index (χ4v) is 2.45. The number of hydrogen-bond acceptors (Lipinski definition) is 3. The Morgan fingerprint density at radius 2 is 1.95 bits per heavy atom. The SMILES string of the molecule is COc1ccc(Cn2ncc(Cl)c2N)c2ccccc12. The van der Waals surface area contributed by atoms with Gasteiger partial charge in [-0.3, -0.25) is 0 Å². The maximum absolute atomic E-state index is 5.93. The van der Waals surface area contributed by atoms with Crippen LogP contribution in [0.1, 0.15) is 5.56 Å². The number of rotatable bonds is 3. The van der Waals surface area contributed by atoms with Crippen molar-refractivity contribution in [2.24, 2.45) is 0 Å². The van der Waals surface area contributed by atoms with Gasteiger partial charge in [0.1, 0.15) is 16.6 Å². The Balaban J connectivity index is 2.11. The smallest absolute Gasteiger partial charge is 0.140 e. The Morgan fingerprint density at radius 1 is 1.20 bits per heavy atom. The summed E-state index contributed by atoms with van der Waals surface area (Å²) in [6, 6.07) is 12.1. The van der Waals surface area contributed by atoms with Gasteiger partial charge >= 0.3 is 0 Å². The molecule has 0 aliphatic carbocycles. The Labute approximate surface area is 121 Å². The molecule has 1 heterocycles. The average molecular weight is 288 g/mol. The topological polar surface area (TPSA) is 53.1 Å². The van der Waals surface area contributed by atoms with Gasteiger partial charge in [-0.15, -0.1) is 0 Å². The molecule has 1 aromatic heterocycles. The molecule has 0 saturated heterocycles. The highest BCUT2D eigenvalue weighted by molar-refractivity contribution is 6.32. The number of nitrogens with zero attached hydrogens (tertiary/aromatic N) is 2. The van der Waals surface area contributed by atoms with E-state index in [0.717, 1.165) is 22.1 Å². The van der Waals surface area contributed by atoms with Crippen molar-refractivity contribution in [1.82, 2.24) is 9.78 Å². The molecule has 0 unspecified atom stereocenters. The molecule has 4 nitrogen and oxygen atoms in total. The van der Waals surface area contributed by atoms with Gasteiger partial charge in [-0.25, -0.2) is 4.68 Å². The molecular formula is C15H14ClN3O. The van der Waals surface area contributed by atoms with Crippen LogP contribution < -0.4 is 10.5 Å². The summed E-state index contributed by atoms with van der Waals surface area (Å²) in [5.74, 6) is 1.34. The van der Waals surface area contributed by atoms with Gasteiger partial charge in [0, 0.05) is 5.39 Å². The van der Waals surface area contributed by atoms with E-state index in [1.54, 1.807) is 18.0 Å². The highest BCUT2D eigenvalue weighted by atomic mass is 35.5. The van der Waals surface area contributed by atoms with Gasteiger partial charge in [0.05, 0.1) is 19.9 Å². The molecule has 0 bridgehead atoms. The lowest BCUT2D eigenvalue weighted by atomic mass is 10.0. The Hall–Kier alpha value is -2.20.